The lowest BCUT2D eigenvalue weighted by Gasteiger charge is -2.16. The summed E-state index contributed by atoms with van der Waals surface area (Å²) in [7, 11) is 3.31. The topological polar surface area (TPSA) is 54.9 Å². The molecule has 1 aromatic carbocycles. The molecule has 0 heterocycles. The molecule has 0 radical (unpaired) electrons. The second-order valence-electron chi connectivity index (χ2n) is 4.77. The lowest BCUT2D eigenvalue weighted by atomic mass is 10.1. The quantitative estimate of drug-likeness (QED) is 0.417. The van der Waals surface area contributed by atoms with Crippen LogP contribution in [0.25, 0.3) is 0 Å². The molecule has 0 spiro atoms. The molecule has 0 saturated heterocycles. The molecular formula is C16H26FN3O2. The van der Waals surface area contributed by atoms with Crippen molar-refractivity contribution >= 4 is 5.96 Å². The number of rotatable bonds is 9. The summed E-state index contributed by atoms with van der Waals surface area (Å²) in [6.45, 7) is 4.75. The van der Waals surface area contributed by atoms with Crippen molar-refractivity contribution in [3.63, 3.8) is 0 Å². The van der Waals surface area contributed by atoms with Crippen LogP contribution in [0.5, 0.6) is 0 Å². The Balaban J connectivity index is 2.59. The Morgan fingerprint density at radius 3 is 2.55 bits per heavy atom. The van der Waals surface area contributed by atoms with Crippen molar-refractivity contribution in [2.45, 2.75) is 19.4 Å². The second-order valence-corrected chi connectivity index (χ2v) is 4.77. The van der Waals surface area contributed by atoms with Gasteiger partial charge in [-0.3, -0.25) is 4.99 Å². The Morgan fingerprint density at radius 1 is 1.23 bits per heavy atom. The highest BCUT2D eigenvalue weighted by atomic mass is 19.1. The van der Waals surface area contributed by atoms with Crippen LogP contribution in [0, 0.1) is 5.82 Å². The summed E-state index contributed by atoms with van der Waals surface area (Å²) in [5.41, 5.74) is 0.905. The van der Waals surface area contributed by atoms with Crippen LogP contribution < -0.4 is 10.6 Å². The van der Waals surface area contributed by atoms with Gasteiger partial charge in [0.05, 0.1) is 6.54 Å². The molecule has 22 heavy (non-hydrogen) atoms. The molecule has 0 saturated carbocycles. The van der Waals surface area contributed by atoms with Crippen LogP contribution in [0.4, 0.5) is 4.39 Å². The first-order chi connectivity index (χ1) is 10.7. The highest BCUT2D eigenvalue weighted by Gasteiger charge is 2.10. The number of benzene rings is 1. The van der Waals surface area contributed by atoms with E-state index < -0.39 is 0 Å². The van der Waals surface area contributed by atoms with Crippen LogP contribution >= 0.6 is 0 Å². The molecule has 6 heteroatoms. The fraction of sp³-hybridized carbons (Fsp3) is 0.562. The van der Waals surface area contributed by atoms with E-state index in [2.05, 4.69) is 15.6 Å². The monoisotopic (exact) mass is 311 g/mol. The maximum Gasteiger partial charge on any atom is 0.191 e. The molecule has 0 bridgehead atoms. The van der Waals surface area contributed by atoms with Crippen molar-refractivity contribution in [3.8, 4) is 0 Å². The first-order valence-corrected chi connectivity index (χ1v) is 7.50. The zero-order chi connectivity index (χ0) is 16.2. The molecule has 0 amide bonds. The minimum Gasteiger partial charge on any atom is -0.385 e. The fourth-order valence-electron chi connectivity index (χ4n) is 1.93. The highest BCUT2D eigenvalue weighted by Crippen LogP contribution is 2.17. The first kappa shape index (κ1) is 18.4. The number of aliphatic imine (C=N–C) groups is 1. The average molecular weight is 311 g/mol. The molecule has 0 aromatic heterocycles. The number of hydrogen-bond donors (Lipinski definition) is 2. The molecule has 1 rings (SSSR count). The van der Waals surface area contributed by atoms with Crippen LogP contribution in [0.1, 0.15) is 25.0 Å². The van der Waals surface area contributed by atoms with E-state index in [9.17, 15) is 4.39 Å². The Hall–Kier alpha value is -1.66. The summed E-state index contributed by atoms with van der Waals surface area (Å²) in [6, 6.07) is 6.30. The Morgan fingerprint density at radius 2 is 1.95 bits per heavy atom. The molecule has 0 aliphatic rings. The number of halogens is 1. The van der Waals surface area contributed by atoms with Crippen molar-refractivity contribution in [2.24, 2.45) is 4.99 Å². The van der Waals surface area contributed by atoms with Gasteiger partial charge in [-0.2, -0.15) is 0 Å². The van der Waals surface area contributed by atoms with Crippen LogP contribution in [-0.4, -0.2) is 46.4 Å². The molecule has 0 aliphatic heterocycles. The van der Waals surface area contributed by atoms with Gasteiger partial charge in [0.2, 0.25) is 0 Å². The van der Waals surface area contributed by atoms with Gasteiger partial charge in [0.1, 0.15) is 11.9 Å². The van der Waals surface area contributed by atoms with Gasteiger partial charge < -0.3 is 20.1 Å². The molecule has 0 fully saturated rings. The maximum absolute atomic E-state index is 13.0. The van der Waals surface area contributed by atoms with Crippen molar-refractivity contribution in [1.82, 2.24) is 10.6 Å². The zero-order valence-electron chi connectivity index (χ0n) is 13.6. The summed E-state index contributed by atoms with van der Waals surface area (Å²) in [5, 5.41) is 6.42. The SMILES string of the molecule is CCNC(=NCC(OC)c1ccc(F)cc1)NCCCOC. The predicted molar refractivity (Wildman–Crippen MR) is 86.6 cm³/mol. The predicted octanol–water partition coefficient (Wildman–Crippen LogP) is 2.10. The van der Waals surface area contributed by atoms with Crippen LogP contribution in [0.15, 0.2) is 29.3 Å². The fourth-order valence-corrected chi connectivity index (χ4v) is 1.93. The third-order valence-electron chi connectivity index (χ3n) is 3.10. The van der Waals surface area contributed by atoms with Gasteiger partial charge in [-0.1, -0.05) is 12.1 Å². The van der Waals surface area contributed by atoms with E-state index in [1.54, 1.807) is 26.4 Å². The highest BCUT2D eigenvalue weighted by molar-refractivity contribution is 5.79. The van der Waals surface area contributed by atoms with Gasteiger partial charge in [0, 0.05) is 33.9 Å². The summed E-state index contributed by atoms with van der Waals surface area (Å²) >= 11 is 0. The molecule has 1 atom stereocenters. The summed E-state index contributed by atoms with van der Waals surface area (Å²) in [4.78, 5) is 4.52. The number of methoxy groups -OCH3 is 2. The van der Waals surface area contributed by atoms with E-state index in [4.69, 9.17) is 9.47 Å². The number of guanidine groups is 1. The Labute approximate surface area is 131 Å². The average Bonchev–Trinajstić information content (AvgIpc) is 2.53. The van der Waals surface area contributed by atoms with E-state index >= 15 is 0 Å². The van der Waals surface area contributed by atoms with Crippen molar-refractivity contribution in [1.29, 1.82) is 0 Å². The van der Waals surface area contributed by atoms with E-state index in [-0.39, 0.29) is 11.9 Å². The molecular weight excluding hydrogens is 285 g/mol. The zero-order valence-corrected chi connectivity index (χ0v) is 13.6. The molecule has 1 unspecified atom stereocenters. The van der Waals surface area contributed by atoms with Crippen molar-refractivity contribution < 1.29 is 13.9 Å². The van der Waals surface area contributed by atoms with E-state index in [0.717, 1.165) is 31.0 Å². The standard InChI is InChI=1S/C16H26FN3O2/c1-4-18-16(19-10-5-11-21-2)20-12-15(22-3)13-6-8-14(17)9-7-13/h6-9,15H,4-5,10-12H2,1-3H3,(H2,18,19,20). The van der Waals surface area contributed by atoms with Crippen LogP contribution in [0.2, 0.25) is 0 Å². The summed E-state index contributed by atoms with van der Waals surface area (Å²) in [6.07, 6.45) is 0.710. The number of hydrogen-bond acceptors (Lipinski definition) is 3. The summed E-state index contributed by atoms with van der Waals surface area (Å²) < 4.78 is 23.4. The molecule has 2 N–H and O–H groups in total. The normalized spacial score (nSPS) is 13.0. The molecule has 0 aliphatic carbocycles. The Kier molecular flexibility index (Phi) is 9.18. The Bertz CT molecular complexity index is 438. The molecule has 5 nitrogen and oxygen atoms in total. The van der Waals surface area contributed by atoms with Gasteiger partial charge in [0.25, 0.3) is 0 Å². The molecule has 124 valence electrons. The minimum atomic E-state index is -0.254. The maximum atomic E-state index is 13.0. The van der Waals surface area contributed by atoms with Gasteiger partial charge in [-0.25, -0.2) is 4.39 Å². The second kappa shape index (κ2) is 11.0. The van der Waals surface area contributed by atoms with Crippen molar-refractivity contribution in [2.75, 3.05) is 40.5 Å². The van der Waals surface area contributed by atoms with E-state index in [0.29, 0.717) is 13.2 Å². The van der Waals surface area contributed by atoms with E-state index in [1.807, 2.05) is 6.92 Å². The van der Waals surface area contributed by atoms with Gasteiger partial charge in [0.15, 0.2) is 5.96 Å². The van der Waals surface area contributed by atoms with Gasteiger partial charge in [-0.05, 0) is 31.0 Å². The third-order valence-corrected chi connectivity index (χ3v) is 3.10. The third kappa shape index (κ3) is 6.87. The smallest absolute Gasteiger partial charge is 0.191 e. The number of nitrogens with zero attached hydrogens (tertiary/aromatic N) is 1. The van der Waals surface area contributed by atoms with Crippen molar-refractivity contribution in [3.05, 3.63) is 35.6 Å². The summed E-state index contributed by atoms with van der Waals surface area (Å²) in [5.74, 6) is 0.484. The lowest BCUT2D eigenvalue weighted by Crippen LogP contribution is -2.38. The lowest BCUT2D eigenvalue weighted by molar-refractivity contribution is 0.111. The molecule has 1 aromatic rings. The van der Waals surface area contributed by atoms with Crippen LogP contribution in [-0.2, 0) is 9.47 Å². The first-order valence-electron chi connectivity index (χ1n) is 7.50. The van der Waals surface area contributed by atoms with E-state index in [1.165, 1.54) is 12.1 Å². The number of ether oxygens (including phenoxy) is 2. The number of nitrogens with one attached hydrogen (secondary N) is 2. The van der Waals surface area contributed by atoms with Gasteiger partial charge in [-0.15, -0.1) is 0 Å². The van der Waals surface area contributed by atoms with Crippen LogP contribution in [0.3, 0.4) is 0 Å². The minimum absolute atomic E-state index is 0.199. The largest absolute Gasteiger partial charge is 0.385 e. The van der Waals surface area contributed by atoms with Gasteiger partial charge >= 0.3 is 0 Å².